The maximum absolute atomic E-state index is 3.73. The first kappa shape index (κ1) is 5.16. The zero-order valence-electron chi connectivity index (χ0n) is 4.17. The van der Waals surface area contributed by atoms with Crippen LogP contribution in [0.1, 0.15) is 0 Å². The molecule has 0 aromatic rings. The van der Waals surface area contributed by atoms with Crippen LogP contribution < -0.4 is 0 Å². The first-order valence-corrected chi connectivity index (χ1v) is 8.12. The summed E-state index contributed by atoms with van der Waals surface area (Å²) in [5.41, 5.74) is 0. The van der Waals surface area contributed by atoms with Crippen LogP contribution >= 0.6 is 0 Å². The third-order valence-electron chi connectivity index (χ3n) is 1.05. The van der Waals surface area contributed by atoms with Crippen molar-refractivity contribution < 1.29 is 0 Å². The summed E-state index contributed by atoms with van der Waals surface area (Å²) in [7, 11) is 0. The molecule has 0 fully saturated rings. The molecule has 1 aliphatic heterocycles. The van der Waals surface area contributed by atoms with Gasteiger partial charge in [-0.2, -0.15) is 0 Å². The summed E-state index contributed by atoms with van der Waals surface area (Å²) in [6, 6.07) is 0. The van der Waals surface area contributed by atoms with E-state index >= 15 is 0 Å². The predicted octanol–water partition coefficient (Wildman–Crippen LogP) is 1.14. The van der Waals surface area contributed by atoms with Gasteiger partial charge in [-0.25, -0.2) is 0 Å². The van der Waals surface area contributed by atoms with Crippen molar-refractivity contribution >= 4 is 19.8 Å². The van der Waals surface area contributed by atoms with Crippen LogP contribution in [0.2, 0.25) is 0 Å². The van der Waals surface area contributed by atoms with Crippen molar-refractivity contribution in [2.45, 2.75) is 0 Å². The Bertz CT molecular complexity index is 110. The summed E-state index contributed by atoms with van der Waals surface area (Å²) < 4.78 is 6.75. The summed E-state index contributed by atoms with van der Waals surface area (Å²) >= 11 is -1.25. The van der Waals surface area contributed by atoms with E-state index in [1.165, 1.54) is 0 Å². The fourth-order valence-electron chi connectivity index (χ4n) is 0.606. The van der Waals surface area contributed by atoms with Crippen molar-refractivity contribution in [1.29, 1.82) is 0 Å². The SMILES string of the molecule is C=[CH][SnH]1[CH]=CC=[CH]1. The number of hydrogen-bond acceptors (Lipinski definition) is 0. The summed E-state index contributed by atoms with van der Waals surface area (Å²) in [5.74, 6) is 0. The van der Waals surface area contributed by atoms with E-state index in [0.29, 0.717) is 0 Å². The molecule has 1 heteroatoms. The number of rotatable bonds is 1. The van der Waals surface area contributed by atoms with Crippen molar-refractivity contribution in [3.8, 4) is 0 Å². The van der Waals surface area contributed by atoms with Gasteiger partial charge in [0.25, 0.3) is 0 Å². The molecule has 0 unspecified atom stereocenters. The van der Waals surface area contributed by atoms with E-state index < -0.39 is 19.8 Å². The van der Waals surface area contributed by atoms with Gasteiger partial charge in [0.15, 0.2) is 0 Å². The van der Waals surface area contributed by atoms with Gasteiger partial charge in [-0.05, 0) is 0 Å². The van der Waals surface area contributed by atoms with E-state index in [-0.39, 0.29) is 0 Å². The quantitative estimate of drug-likeness (QED) is 0.555. The van der Waals surface area contributed by atoms with E-state index in [2.05, 4.69) is 31.0 Å². The Morgan fingerprint density at radius 3 is 2.14 bits per heavy atom. The molecular formula is C6H8Sn. The Morgan fingerprint density at radius 1 is 1.29 bits per heavy atom. The first-order chi connectivity index (χ1) is 3.43. The monoisotopic (exact) mass is 200 g/mol. The van der Waals surface area contributed by atoms with E-state index in [1.54, 1.807) is 0 Å². The first-order valence-electron chi connectivity index (χ1n) is 2.41. The summed E-state index contributed by atoms with van der Waals surface area (Å²) in [5, 5.41) is 0. The molecule has 0 radical (unpaired) electrons. The van der Waals surface area contributed by atoms with Gasteiger partial charge in [0, 0.05) is 0 Å². The minimum atomic E-state index is -1.25. The van der Waals surface area contributed by atoms with E-state index in [4.69, 9.17) is 0 Å². The molecular weight excluding hydrogens is 191 g/mol. The van der Waals surface area contributed by atoms with Gasteiger partial charge in [-0.15, -0.1) is 0 Å². The third kappa shape index (κ3) is 1.20. The van der Waals surface area contributed by atoms with Crippen molar-refractivity contribution in [3.63, 3.8) is 0 Å². The average Bonchev–Trinajstić information content (AvgIpc) is 2.14. The van der Waals surface area contributed by atoms with Crippen LogP contribution in [0.15, 0.2) is 31.0 Å². The van der Waals surface area contributed by atoms with Crippen molar-refractivity contribution in [2.24, 2.45) is 0 Å². The molecule has 7 heavy (non-hydrogen) atoms. The van der Waals surface area contributed by atoms with Crippen LogP contribution in [-0.4, -0.2) is 19.8 Å². The fourth-order valence-corrected chi connectivity index (χ4v) is 4.07. The molecule has 0 spiro atoms. The predicted molar refractivity (Wildman–Crippen MR) is 35.6 cm³/mol. The molecule has 36 valence electrons. The average molecular weight is 199 g/mol. The van der Waals surface area contributed by atoms with Crippen molar-refractivity contribution in [3.05, 3.63) is 31.0 Å². The minimum absolute atomic E-state index is 1.25. The molecule has 0 bridgehead atoms. The summed E-state index contributed by atoms with van der Waals surface area (Å²) in [6.45, 7) is 3.73. The molecule has 1 heterocycles. The molecule has 0 aromatic carbocycles. The zero-order valence-corrected chi connectivity index (χ0v) is 7.47. The third-order valence-corrected chi connectivity index (χ3v) is 6.41. The second kappa shape index (κ2) is 2.36. The Hall–Kier alpha value is 0.0187. The molecule has 1 aliphatic rings. The Morgan fingerprint density at radius 2 is 1.86 bits per heavy atom. The van der Waals surface area contributed by atoms with Crippen LogP contribution in [0.25, 0.3) is 0 Å². The van der Waals surface area contributed by atoms with Gasteiger partial charge in [-0.3, -0.25) is 0 Å². The normalized spacial score (nSPS) is 18.3. The van der Waals surface area contributed by atoms with Gasteiger partial charge in [0.05, 0.1) is 0 Å². The van der Waals surface area contributed by atoms with Gasteiger partial charge < -0.3 is 0 Å². The summed E-state index contributed by atoms with van der Waals surface area (Å²) in [4.78, 5) is 0. The molecule has 0 aliphatic carbocycles. The van der Waals surface area contributed by atoms with Crippen LogP contribution in [0.3, 0.4) is 0 Å². The van der Waals surface area contributed by atoms with E-state index in [1.807, 2.05) is 0 Å². The fraction of sp³-hybridized carbons (Fsp3) is 0. The molecule has 0 saturated heterocycles. The Kier molecular flexibility index (Phi) is 1.74. The van der Waals surface area contributed by atoms with Gasteiger partial charge >= 0.3 is 50.8 Å². The van der Waals surface area contributed by atoms with Crippen LogP contribution in [0.4, 0.5) is 0 Å². The molecule has 0 amide bonds. The number of allylic oxidation sites excluding steroid dienone is 2. The standard InChI is InChI=1S/C4H4.C2H3.Sn.H/c1-3-4-2;1-2;;/h1-4H;1H,2H2;;. The molecule has 0 atom stereocenters. The summed E-state index contributed by atoms with van der Waals surface area (Å²) in [6.07, 6.45) is 4.25. The van der Waals surface area contributed by atoms with Crippen LogP contribution in [0.5, 0.6) is 0 Å². The maximum atomic E-state index is 3.73. The second-order valence-corrected chi connectivity index (χ2v) is 8.42. The topological polar surface area (TPSA) is 0 Å². The van der Waals surface area contributed by atoms with Gasteiger partial charge in [-0.1, -0.05) is 0 Å². The molecule has 0 saturated carbocycles. The second-order valence-electron chi connectivity index (χ2n) is 1.58. The Labute approximate surface area is 51.0 Å². The van der Waals surface area contributed by atoms with E-state index in [0.717, 1.165) is 0 Å². The van der Waals surface area contributed by atoms with Gasteiger partial charge in [0.1, 0.15) is 0 Å². The van der Waals surface area contributed by atoms with Crippen LogP contribution in [0, 0.1) is 0 Å². The molecule has 0 N–H and O–H groups in total. The zero-order chi connectivity index (χ0) is 5.11. The molecule has 0 aromatic heterocycles. The van der Waals surface area contributed by atoms with Gasteiger partial charge in [0.2, 0.25) is 0 Å². The van der Waals surface area contributed by atoms with Crippen molar-refractivity contribution in [2.75, 3.05) is 0 Å². The van der Waals surface area contributed by atoms with Crippen LogP contribution in [-0.2, 0) is 0 Å². The van der Waals surface area contributed by atoms with Crippen molar-refractivity contribution in [1.82, 2.24) is 0 Å². The Balaban J connectivity index is 2.59. The molecule has 1 rings (SSSR count). The van der Waals surface area contributed by atoms with E-state index in [9.17, 15) is 0 Å². The number of hydrogen-bond donors (Lipinski definition) is 0. The molecule has 0 nitrogen and oxygen atoms in total.